The molecule has 2 heterocycles. The minimum absolute atomic E-state index is 0.0292. The molecule has 0 unspecified atom stereocenters. The topological polar surface area (TPSA) is 83.7 Å². The number of carbonyl (C=O) groups excluding carboxylic acids is 3. The van der Waals surface area contributed by atoms with Crippen LogP contribution < -0.4 is 5.73 Å². The van der Waals surface area contributed by atoms with E-state index >= 15 is 0 Å². The highest BCUT2D eigenvalue weighted by Gasteiger charge is 2.29. The van der Waals surface area contributed by atoms with Crippen LogP contribution >= 0.6 is 11.3 Å². The van der Waals surface area contributed by atoms with Crippen molar-refractivity contribution in [1.82, 2.24) is 9.80 Å². The Morgan fingerprint density at radius 2 is 1.86 bits per heavy atom. The van der Waals surface area contributed by atoms with Gasteiger partial charge in [-0.1, -0.05) is 0 Å². The van der Waals surface area contributed by atoms with Crippen LogP contribution in [-0.2, 0) is 20.8 Å². The molecule has 2 N–H and O–H groups in total. The molecule has 0 radical (unpaired) electrons. The molecule has 0 aliphatic carbocycles. The molecule has 0 bridgehead atoms. The van der Waals surface area contributed by atoms with Crippen LogP contribution in [0.1, 0.15) is 16.7 Å². The number of aryl methyl sites for hydroxylation is 1. The second kappa shape index (κ2) is 6.91. The van der Waals surface area contributed by atoms with Crippen LogP contribution in [0, 0.1) is 12.8 Å². The second-order valence-electron chi connectivity index (χ2n) is 5.59. The maximum atomic E-state index is 12.5. The first-order chi connectivity index (χ1) is 10.4. The van der Waals surface area contributed by atoms with E-state index in [4.69, 9.17) is 5.73 Å². The van der Waals surface area contributed by atoms with E-state index in [0.717, 1.165) is 9.75 Å². The van der Waals surface area contributed by atoms with Crippen molar-refractivity contribution in [2.45, 2.75) is 20.3 Å². The molecule has 1 saturated heterocycles. The van der Waals surface area contributed by atoms with E-state index in [-0.39, 0.29) is 24.9 Å². The molecule has 6 nitrogen and oxygen atoms in total. The Hall–Kier alpha value is -1.89. The van der Waals surface area contributed by atoms with Crippen molar-refractivity contribution < 1.29 is 14.4 Å². The average molecular weight is 323 g/mol. The lowest BCUT2D eigenvalue weighted by molar-refractivity contribution is -0.132. The zero-order chi connectivity index (χ0) is 16.3. The summed E-state index contributed by atoms with van der Waals surface area (Å²) in [5, 5.41) is 0. The summed E-state index contributed by atoms with van der Waals surface area (Å²) in [5.41, 5.74) is 5.40. The zero-order valence-corrected chi connectivity index (χ0v) is 13.7. The predicted octanol–water partition coefficient (Wildman–Crippen LogP) is 0.391. The van der Waals surface area contributed by atoms with E-state index < -0.39 is 11.8 Å². The van der Waals surface area contributed by atoms with E-state index in [1.54, 1.807) is 21.1 Å². The molecule has 0 aromatic carbocycles. The van der Waals surface area contributed by atoms with Gasteiger partial charge in [-0.2, -0.15) is 0 Å². The van der Waals surface area contributed by atoms with Crippen LogP contribution in [-0.4, -0.2) is 53.7 Å². The molecule has 0 saturated carbocycles. The first-order valence-electron chi connectivity index (χ1n) is 7.24. The fourth-order valence-corrected chi connectivity index (χ4v) is 3.43. The highest BCUT2D eigenvalue weighted by molar-refractivity contribution is 7.12. The van der Waals surface area contributed by atoms with Crippen molar-refractivity contribution >= 4 is 29.1 Å². The van der Waals surface area contributed by atoms with Crippen molar-refractivity contribution in [3.8, 4) is 0 Å². The van der Waals surface area contributed by atoms with Gasteiger partial charge in [0, 0.05) is 42.9 Å². The third-order valence-electron chi connectivity index (χ3n) is 3.84. The average Bonchev–Trinajstić information content (AvgIpc) is 2.73. The number of rotatable bonds is 3. The van der Waals surface area contributed by atoms with Gasteiger partial charge in [0.15, 0.2) is 0 Å². The Morgan fingerprint density at radius 3 is 2.41 bits per heavy atom. The summed E-state index contributed by atoms with van der Waals surface area (Å²) in [6.07, 6.45) is 0.323. The molecular formula is C15H21N3O3S. The summed E-state index contributed by atoms with van der Waals surface area (Å²) in [4.78, 5) is 41.0. The lowest BCUT2D eigenvalue weighted by atomic mass is 10.1. The Balaban J connectivity index is 2.07. The van der Waals surface area contributed by atoms with Gasteiger partial charge in [0.25, 0.3) is 0 Å². The SMILES string of the molecule is CC(=O)N1CCN(C(=O)Cc2ccc(C)s2)C[C@@H](C(N)=O)C1. The van der Waals surface area contributed by atoms with E-state index in [9.17, 15) is 14.4 Å². The van der Waals surface area contributed by atoms with Gasteiger partial charge in [-0.25, -0.2) is 0 Å². The van der Waals surface area contributed by atoms with Gasteiger partial charge in [-0.15, -0.1) is 11.3 Å². The minimum Gasteiger partial charge on any atom is -0.369 e. The third-order valence-corrected chi connectivity index (χ3v) is 4.84. The highest BCUT2D eigenvalue weighted by atomic mass is 32.1. The Bertz CT molecular complexity index is 584. The van der Waals surface area contributed by atoms with Gasteiger partial charge in [-0.3, -0.25) is 14.4 Å². The van der Waals surface area contributed by atoms with Crippen LogP contribution in [0.25, 0.3) is 0 Å². The van der Waals surface area contributed by atoms with Gasteiger partial charge < -0.3 is 15.5 Å². The smallest absolute Gasteiger partial charge is 0.227 e. The summed E-state index contributed by atoms with van der Waals surface area (Å²) in [5.74, 6) is -1.12. The fraction of sp³-hybridized carbons (Fsp3) is 0.533. The summed E-state index contributed by atoms with van der Waals surface area (Å²) in [6.45, 7) is 4.90. The van der Waals surface area contributed by atoms with Crippen molar-refractivity contribution in [3.05, 3.63) is 21.9 Å². The lowest BCUT2D eigenvalue weighted by Crippen LogP contribution is -2.41. The van der Waals surface area contributed by atoms with E-state index in [0.29, 0.717) is 19.5 Å². The Kier molecular flexibility index (Phi) is 5.18. The second-order valence-corrected chi connectivity index (χ2v) is 6.97. The van der Waals surface area contributed by atoms with Crippen molar-refractivity contribution in [3.63, 3.8) is 0 Å². The van der Waals surface area contributed by atoms with Gasteiger partial charge in [0.05, 0.1) is 12.3 Å². The summed E-state index contributed by atoms with van der Waals surface area (Å²) < 4.78 is 0. The van der Waals surface area contributed by atoms with Gasteiger partial charge in [0.2, 0.25) is 17.7 Å². The third kappa shape index (κ3) is 4.07. The molecule has 1 aliphatic rings. The maximum Gasteiger partial charge on any atom is 0.227 e. The number of nitrogens with two attached hydrogens (primary N) is 1. The van der Waals surface area contributed by atoms with Gasteiger partial charge in [0.1, 0.15) is 0 Å². The van der Waals surface area contributed by atoms with E-state index in [1.165, 1.54) is 6.92 Å². The van der Waals surface area contributed by atoms with Crippen LogP contribution in [0.4, 0.5) is 0 Å². The molecule has 1 aromatic rings. The normalized spacial score (nSPS) is 18.9. The van der Waals surface area contributed by atoms with Crippen LogP contribution in [0.15, 0.2) is 12.1 Å². The molecule has 2 rings (SSSR count). The van der Waals surface area contributed by atoms with E-state index in [1.807, 2.05) is 19.1 Å². The number of amides is 3. The Morgan fingerprint density at radius 1 is 1.23 bits per heavy atom. The van der Waals surface area contributed by atoms with Crippen molar-refractivity contribution in [2.24, 2.45) is 11.7 Å². The van der Waals surface area contributed by atoms with Crippen molar-refractivity contribution in [2.75, 3.05) is 26.2 Å². The molecule has 1 aromatic heterocycles. The molecule has 1 aliphatic heterocycles. The quantitative estimate of drug-likeness (QED) is 0.873. The van der Waals surface area contributed by atoms with Crippen LogP contribution in [0.5, 0.6) is 0 Å². The predicted molar refractivity (Wildman–Crippen MR) is 84.3 cm³/mol. The summed E-state index contributed by atoms with van der Waals surface area (Å²) in [7, 11) is 0. The van der Waals surface area contributed by atoms with E-state index in [2.05, 4.69) is 0 Å². The number of primary amides is 1. The Labute approximate surface area is 133 Å². The first kappa shape index (κ1) is 16.5. The number of hydrogen-bond donors (Lipinski definition) is 1. The maximum absolute atomic E-state index is 12.5. The lowest BCUT2D eigenvalue weighted by Gasteiger charge is -2.22. The molecule has 3 amide bonds. The first-order valence-corrected chi connectivity index (χ1v) is 8.06. The molecule has 0 spiro atoms. The largest absolute Gasteiger partial charge is 0.369 e. The zero-order valence-electron chi connectivity index (χ0n) is 12.9. The molecule has 1 atom stereocenters. The molecule has 120 valence electrons. The fourth-order valence-electron chi connectivity index (χ4n) is 2.55. The summed E-state index contributed by atoms with van der Waals surface area (Å²) >= 11 is 1.59. The summed E-state index contributed by atoms with van der Waals surface area (Å²) in [6, 6.07) is 3.93. The highest BCUT2D eigenvalue weighted by Crippen LogP contribution is 2.18. The van der Waals surface area contributed by atoms with Gasteiger partial charge in [-0.05, 0) is 19.1 Å². The van der Waals surface area contributed by atoms with Crippen LogP contribution in [0.3, 0.4) is 0 Å². The molecule has 22 heavy (non-hydrogen) atoms. The monoisotopic (exact) mass is 323 g/mol. The number of thiophene rings is 1. The molecule has 7 heteroatoms. The standard InChI is InChI=1S/C15H21N3O3S/c1-10-3-4-13(22-10)7-14(20)18-6-5-17(11(2)19)8-12(9-18)15(16)21/h3-4,12H,5-9H2,1-2H3,(H2,16,21)/t12-/m0/s1. The van der Waals surface area contributed by atoms with Crippen LogP contribution in [0.2, 0.25) is 0 Å². The number of carbonyl (C=O) groups is 3. The number of hydrogen-bond acceptors (Lipinski definition) is 4. The number of nitrogens with zero attached hydrogens (tertiary/aromatic N) is 2. The van der Waals surface area contributed by atoms with Crippen molar-refractivity contribution in [1.29, 1.82) is 0 Å². The van der Waals surface area contributed by atoms with Gasteiger partial charge >= 0.3 is 0 Å². The molecular weight excluding hydrogens is 302 g/mol. The molecule has 1 fully saturated rings. The minimum atomic E-state index is -0.513.